The van der Waals surface area contributed by atoms with Crippen molar-refractivity contribution in [1.29, 1.82) is 0 Å². The first-order chi connectivity index (χ1) is 11.2. The summed E-state index contributed by atoms with van der Waals surface area (Å²) in [5.41, 5.74) is 3.55. The second-order valence-electron chi connectivity index (χ2n) is 6.87. The fourth-order valence-corrected chi connectivity index (χ4v) is 3.98. The molecule has 0 spiro atoms. The van der Waals surface area contributed by atoms with Gasteiger partial charge in [-0.1, -0.05) is 0 Å². The molecule has 5 heteroatoms. The predicted molar refractivity (Wildman–Crippen MR) is 89.3 cm³/mol. The van der Waals surface area contributed by atoms with Gasteiger partial charge in [0, 0.05) is 37.8 Å². The highest BCUT2D eigenvalue weighted by Gasteiger charge is 2.28. The van der Waals surface area contributed by atoms with Gasteiger partial charge < -0.3 is 14.5 Å². The Morgan fingerprint density at radius 2 is 2.13 bits per heavy atom. The van der Waals surface area contributed by atoms with Gasteiger partial charge in [0.1, 0.15) is 5.65 Å². The van der Waals surface area contributed by atoms with Crippen LogP contribution in [0.15, 0.2) is 18.3 Å². The van der Waals surface area contributed by atoms with E-state index < -0.39 is 0 Å². The van der Waals surface area contributed by atoms with E-state index in [9.17, 15) is 0 Å². The number of nitrogens with zero attached hydrogens (tertiary/aromatic N) is 2. The van der Waals surface area contributed by atoms with E-state index in [1.165, 1.54) is 16.6 Å². The average molecular weight is 315 g/mol. The molecule has 0 unspecified atom stereocenters. The minimum absolute atomic E-state index is 0.190. The summed E-state index contributed by atoms with van der Waals surface area (Å²) < 4.78 is 11.8. The third-order valence-electron chi connectivity index (χ3n) is 4.84. The van der Waals surface area contributed by atoms with Gasteiger partial charge in [-0.2, -0.15) is 0 Å². The molecule has 2 aliphatic rings. The summed E-state index contributed by atoms with van der Waals surface area (Å²) in [6.45, 7) is 8.04. The number of aromatic nitrogens is 2. The summed E-state index contributed by atoms with van der Waals surface area (Å²) in [4.78, 5) is 10.5. The molecule has 0 aromatic carbocycles. The van der Waals surface area contributed by atoms with E-state index in [2.05, 4.69) is 34.8 Å². The van der Waals surface area contributed by atoms with Crippen molar-refractivity contribution in [3.05, 3.63) is 29.6 Å². The highest BCUT2D eigenvalue weighted by atomic mass is 16.5. The number of H-pyrrole nitrogens is 1. The van der Waals surface area contributed by atoms with Crippen molar-refractivity contribution in [1.82, 2.24) is 14.9 Å². The molecule has 23 heavy (non-hydrogen) atoms. The molecule has 0 aliphatic carbocycles. The number of nitrogens with one attached hydrogen (secondary N) is 1. The van der Waals surface area contributed by atoms with Gasteiger partial charge in [0.05, 0.1) is 24.0 Å². The van der Waals surface area contributed by atoms with Gasteiger partial charge in [-0.3, -0.25) is 4.90 Å². The fourth-order valence-electron chi connectivity index (χ4n) is 3.98. The number of ether oxygens (including phenoxy) is 2. The number of hydrogen-bond acceptors (Lipinski definition) is 4. The Balaban J connectivity index is 1.68. The van der Waals surface area contributed by atoms with Crippen LogP contribution in [-0.2, 0) is 16.0 Å². The Bertz CT molecular complexity index is 668. The number of aromatic amines is 1. The summed E-state index contributed by atoms with van der Waals surface area (Å²) in [6.07, 6.45) is 4.84. The Morgan fingerprint density at radius 3 is 2.87 bits per heavy atom. The second kappa shape index (κ2) is 6.23. The maximum Gasteiger partial charge on any atom is 0.137 e. The topological polar surface area (TPSA) is 50.4 Å². The summed E-state index contributed by atoms with van der Waals surface area (Å²) in [6, 6.07) is 4.18. The summed E-state index contributed by atoms with van der Waals surface area (Å²) >= 11 is 0. The Hall–Kier alpha value is -1.43. The van der Waals surface area contributed by atoms with Crippen LogP contribution >= 0.6 is 0 Å². The first kappa shape index (κ1) is 15.1. The molecule has 0 amide bonds. The lowest BCUT2D eigenvalue weighted by Crippen LogP contribution is -2.44. The van der Waals surface area contributed by atoms with E-state index in [-0.39, 0.29) is 18.3 Å². The normalized spacial score (nSPS) is 29.4. The summed E-state index contributed by atoms with van der Waals surface area (Å²) in [7, 11) is 0. The van der Waals surface area contributed by atoms with Crippen LogP contribution in [0.5, 0.6) is 0 Å². The molecule has 2 saturated heterocycles. The van der Waals surface area contributed by atoms with Gasteiger partial charge in [-0.05, 0) is 44.4 Å². The standard InChI is InChI=1S/C18H25N3O2/c1-12-9-21(10-13(2)23-12)11-15-14-5-3-7-19-18(14)20-17(15)16-6-4-8-22-16/h3,5,7,12-13,16H,4,6,8-11H2,1-2H3,(H,19,20)/t12-,13-,16-/m1/s1. The highest BCUT2D eigenvalue weighted by molar-refractivity contribution is 5.81. The molecule has 2 aliphatic heterocycles. The molecule has 4 heterocycles. The fraction of sp³-hybridized carbons (Fsp3) is 0.611. The van der Waals surface area contributed by atoms with E-state index in [0.29, 0.717) is 0 Å². The predicted octanol–water partition coefficient (Wildman–Crippen LogP) is 3.02. The third-order valence-corrected chi connectivity index (χ3v) is 4.84. The maximum atomic E-state index is 5.94. The molecule has 2 aromatic heterocycles. The second-order valence-corrected chi connectivity index (χ2v) is 6.87. The Labute approximate surface area is 137 Å². The van der Waals surface area contributed by atoms with Crippen molar-refractivity contribution in [2.75, 3.05) is 19.7 Å². The molecule has 4 rings (SSSR count). The van der Waals surface area contributed by atoms with Gasteiger partial charge in [-0.25, -0.2) is 4.98 Å². The highest BCUT2D eigenvalue weighted by Crippen LogP contribution is 2.34. The number of fused-ring (bicyclic) bond motifs is 1. The van der Waals surface area contributed by atoms with Crippen molar-refractivity contribution in [2.45, 2.75) is 51.5 Å². The molecule has 1 N–H and O–H groups in total. The van der Waals surface area contributed by atoms with Crippen LogP contribution in [0.25, 0.3) is 11.0 Å². The molecule has 2 fully saturated rings. The lowest BCUT2D eigenvalue weighted by molar-refractivity contribution is -0.0705. The van der Waals surface area contributed by atoms with Crippen molar-refractivity contribution < 1.29 is 9.47 Å². The smallest absolute Gasteiger partial charge is 0.137 e. The van der Waals surface area contributed by atoms with E-state index in [1.807, 2.05) is 12.3 Å². The minimum atomic E-state index is 0.190. The van der Waals surface area contributed by atoms with Gasteiger partial charge in [0.25, 0.3) is 0 Å². The largest absolute Gasteiger partial charge is 0.373 e. The molecule has 0 radical (unpaired) electrons. The average Bonchev–Trinajstić information content (AvgIpc) is 3.14. The molecule has 5 nitrogen and oxygen atoms in total. The van der Waals surface area contributed by atoms with Crippen LogP contribution in [0, 0.1) is 0 Å². The monoisotopic (exact) mass is 315 g/mol. The van der Waals surface area contributed by atoms with Crippen molar-refractivity contribution >= 4 is 11.0 Å². The molecule has 3 atom stereocenters. The first-order valence-corrected chi connectivity index (χ1v) is 8.65. The number of pyridine rings is 1. The number of hydrogen-bond donors (Lipinski definition) is 1. The molecule has 2 aromatic rings. The Morgan fingerprint density at radius 1 is 1.30 bits per heavy atom. The van der Waals surface area contributed by atoms with Crippen LogP contribution in [-0.4, -0.2) is 46.8 Å². The molecule has 0 saturated carbocycles. The van der Waals surface area contributed by atoms with Gasteiger partial charge in [0.2, 0.25) is 0 Å². The molecule has 124 valence electrons. The van der Waals surface area contributed by atoms with Crippen LogP contribution in [0.3, 0.4) is 0 Å². The lowest BCUT2D eigenvalue weighted by Gasteiger charge is -2.35. The van der Waals surface area contributed by atoms with Crippen LogP contribution in [0.2, 0.25) is 0 Å². The van der Waals surface area contributed by atoms with Crippen molar-refractivity contribution in [3.63, 3.8) is 0 Å². The Kier molecular flexibility index (Phi) is 4.09. The minimum Gasteiger partial charge on any atom is -0.373 e. The molecular weight excluding hydrogens is 290 g/mol. The van der Waals surface area contributed by atoms with Crippen LogP contribution < -0.4 is 0 Å². The quantitative estimate of drug-likeness (QED) is 0.946. The summed E-state index contributed by atoms with van der Waals surface area (Å²) in [5.74, 6) is 0. The molecular formula is C18H25N3O2. The van der Waals surface area contributed by atoms with Crippen LogP contribution in [0.4, 0.5) is 0 Å². The zero-order chi connectivity index (χ0) is 15.8. The zero-order valence-corrected chi connectivity index (χ0v) is 13.9. The third kappa shape index (κ3) is 3.01. The van der Waals surface area contributed by atoms with Crippen LogP contribution in [0.1, 0.15) is 44.1 Å². The SMILES string of the molecule is C[C@@H]1CN(Cc2c([C@H]3CCCO3)[nH]c3ncccc23)C[C@@H](C)O1. The lowest BCUT2D eigenvalue weighted by atomic mass is 10.1. The van der Waals surface area contributed by atoms with E-state index in [1.54, 1.807) is 0 Å². The van der Waals surface area contributed by atoms with Gasteiger partial charge in [0.15, 0.2) is 0 Å². The number of rotatable bonds is 3. The van der Waals surface area contributed by atoms with E-state index >= 15 is 0 Å². The first-order valence-electron chi connectivity index (χ1n) is 8.65. The van der Waals surface area contributed by atoms with Crippen molar-refractivity contribution in [2.24, 2.45) is 0 Å². The van der Waals surface area contributed by atoms with Crippen molar-refractivity contribution in [3.8, 4) is 0 Å². The zero-order valence-electron chi connectivity index (χ0n) is 13.9. The molecule has 0 bridgehead atoms. The van der Waals surface area contributed by atoms with Gasteiger partial charge in [-0.15, -0.1) is 0 Å². The summed E-state index contributed by atoms with van der Waals surface area (Å²) in [5, 5.41) is 1.23. The van der Waals surface area contributed by atoms with E-state index in [0.717, 1.165) is 44.7 Å². The van der Waals surface area contributed by atoms with Gasteiger partial charge >= 0.3 is 0 Å². The number of morpholine rings is 1. The maximum absolute atomic E-state index is 5.94. The van der Waals surface area contributed by atoms with E-state index in [4.69, 9.17) is 9.47 Å².